The molecule has 0 spiro atoms. The molecule has 1 saturated heterocycles. The molecule has 3 nitrogen and oxygen atoms in total. The smallest absolute Gasteiger partial charge is 0.309 e. The lowest BCUT2D eigenvalue weighted by atomic mass is 9.67. The maximum Gasteiger partial charge on any atom is 0.309 e. The minimum absolute atomic E-state index is 0.00956. The van der Waals surface area contributed by atoms with Gasteiger partial charge in [-0.05, 0) is 11.8 Å². The summed E-state index contributed by atoms with van der Waals surface area (Å²) < 4.78 is 5.81. The highest BCUT2D eigenvalue weighted by Crippen LogP contribution is 2.52. The topological polar surface area (TPSA) is 46.5 Å². The SMILES string of the molecule is CC(C)(C)C12C=CC(CC1C(=O)O)O2. The van der Waals surface area contributed by atoms with Crippen molar-refractivity contribution in [2.75, 3.05) is 0 Å². The molecule has 2 rings (SSSR count). The van der Waals surface area contributed by atoms with E-state index in [1.165, 1.54) is 0 Å². The summed E-state index contributed by atoms with van der Waals surface area (Å²) in [6, 6.07) is 0. The van der Waals surface area contributed by atoms with Crippen LogP contribution in [0, 0.1) is 11.3 Å². The Kier molecular flexibility index (Phi) is 1.80. The molecule has 0 aromatic heterocycles. The minimum atomic E-state index is -0.744. The fourth-order valence-electron chi connectivity index (χ4n) is 2.55. The first-order valence-electron chi connectivity index (χ1n) is 4.97. The molecule has 2 aliphatic rings. The normalized spacial score (nSPS) is 40.5. The molecule has 1 fully saturated rings. The average molecular weight is 196 g/mol. The Labute approximate surface area is 83.8 Å². The van der Waals surface area contributed by atoms with E-state index in [2.05, 4.69) is 0 Å². The molecule has 0 radical (unpaired) electrons. The molecule has 1 N–H and O–H groups in total. The second-order valence-electron chi connectivity index (χ2n) is 5.19. The van der Waals surface area contributed by atoms with Gasteiger partial charge in [-0.15, -0.1) is 0 Å². The van der Waals surface area contributed by atoms with Gasteiger partial charge in [-0.3, -0.25) is 4.79 Å². The monoisotopic (exact) mass is 196 g/mol. The van der Waals surface area contributed by atoms with Crippen molar-refractivity contribution in [1.82, 2.24) is 0 Å². The summed E-state index contributed by atoms with van der Waals surface area (Å²) in [5.41, 5.74) is -0.763. The van der Waals surface area contributed by atoms with Gasteiger partial charge in [0, 0.05) is 0 Å². The third-order valence-electron chi connectivity index (χ3n) is 3.36. The number of carbonyl (C=O) groups is 1. The van der Waals surface area contributed by atoms with E-state index in [4.69, 9.17) is 9.84 Å². The predicted molar refractivity (Wildman–Crippen MR) is 51.9 cm³/mol. The molecule has 0 aromatic rings. The summed E-state index contributed by atoms with van der Waals surface area (Å²) in [5, 5.41) is 9.15. The van der Waals surface area contributed by atoms with Crippen LogP contribution in [0.1, 0.15) is 27.2 Å². The predicted octanol–water partition coefficient (Wildman–Crippen LogP) is 1.83. The van der Waals surface area contributed by atoms with Crippen LogP contribution in [0.5, 0.6) is 0 Å². The number of aliphatic carboxylic acids is 1. The van der Waals surface area contributed by atoms with E-state index in [1.54, 1.807) is 0 Å². The van der Waals surface area contributed by atoms with Crippen molar-refractivity contribution in [3.05, 3.63) is 12.2 Å². The Morgan fingerprint density at radius 3 is 2.57 bits per heavy atom. The first kappa shape index (κ1) is 9.71. The molecule has 0 saturated carbocycles. The van der Waals surface area contributed by atoms with Crippen LogP contribution in [-0.4, -0.2) is 22.8 Å². The molecule has 0 amide bonds. The number of hydrogen-bond donors (Lipinski definition) is 1. The van der Waals surface area contributed by atoms with E-state index in [1.807, 2.05) is 32.9 Å². The van der Waals surface area contributed by atoms with E-state index in [-0.39, 0.29) is 11.5 Å². The summed E-state index contributed by atoms with van der Waals surface area (Å²) >= 11 is 0. The number of carboxylic acid groups (broad SMARTS) is 1. The van der Waals surface area contributed by atoms with Crippen molar-refractivity contribution in [1.29, 1.82) is 0 Å². The highest BCUT2D eigenvalue weighted by atomic mass is 16.5. The number of hydrogen-bond acceptors (Lipinski definition) is 2. The lowest BCUT2D eigenvalue weighted by molar-refractivity contribution is -0.151. The fourth-order valence-corrected chi connectivity index (χ4v) is 2.55. The van der Waals surface area contributed by atoms with E-state index in [0.29, 0.717) is 6.42 Å². The van der Waals surface area contributed by atoms with Crippen LogP contribution in [0.4, 0.5) is 0 Å². The van der Waals surface area contributed by atoms with Crippen LogP contribution < -0.4 is 0 Å². The molecule has 0 aromatic carbocycles. The Bertz CT molecular complexity index is 300. The summed E-state index contributed by atoms with van der Waals surface area (Å²) in [4.78, 5) is 11.1. The zero-order valence-corrected chi connectivity index (χ0v) is 8.78. The van der Waals surface area contributed by atoms with Crippen LogP contribution >= 0.6 is 0 Å². The average Bonchev–Trinajstić information content (AvgIpc) is 2.58. The van der Waals surface area contributed by atoms with E-state index in [9.17, 15) is 4.79 Å². The van der Waals surface area contributed by atoms with Crippen LogP contribution in [0.25, 0.3) is 0 Å². The van der Waals surface area contributed by atoms with Crippen molar-refractivity contribution in [2.24, 2.45) is 11.3 Å². The third-order valence-corrected chi connectivity index (χ3v) is 3.36. The Balaban J connectivity index is 2.41. The van der Waals surface area contributed by atoms with Gasteiger partial charge in [-0.1, -0.05) is 32.9 Å². The number of fused-ring (bicyclic) bond motifs is 2. The second kappa shape index (κ2) is 2.60. The fraction of sp³-hybridized carbons (Fsp3) is 0.727. The Morgan fingerprint density at radius 2 is 2.21 bits per heavy atom. The minimum Gasteiger partial charge on any atom is -0.481 e. The zero-order chi connectivity index (χ0) is 10.6. The van der Waals surface area contributed by atoms with Crippen LogP contribution in [0.15, 0.2) is 12.2 Å². The maximum atomic E-state index is 11.1. The van der Waals surface area contributed by atoms with Gasteiger partial charge in [0.05, 0.1) is 12.0 Å². The Morgan fingerprint density at radius 1 is 1.57 bits per heavy atom. The van der Waals surface area contributed by atoms with E-state index in [0.717, 1.165) is 0 Å². The summed E-state index contributed by atoms with van der Waals surface area (Å²) in [5.74, 6) is -1.13. The van der Waals surface area contributed by atoms with Crippen molar-refractivity contribution in [2.45, 2.75) is 38.9 Å². The van der Waals surface area contributed by atoms with E-state index < -0.39 is 17.5 Å². The summed E-state index contributed by atoms with van der Waals surface area (Å²) in [6.07, 6.45) is 4.56. The van der Waals surface area contributed by atoms with Crippen LogP contribution in [-0.2, 0) is 9.53 Å². The first-order valence-corrected chi connectivity index (χ1v) is 4.97. The summed E-state index contributed by atoms with van der Waals surface area (Å²) in [6.45, 7) is 6.09. The van der Waals surface area contributed by atoms with Crippen molar-refractivity contribution < 1.29 is 14.6 Å². The number of ether oxygens (including phenoxy) is 1. The maximum absolute atomic E-state index is 11.1. The molecule has 2 heterocycles. The van der Waals surface area contributed by atoms with Crippen molar-refractivity contribution >= 4 is 5.97 Å². The van der Waals surface area contributed by atoms with Crippen molar-refractivity contribution in [3.8, 4) is 0 Å². The van der Waals surface area contributed by atoms with Gasteiger partial charge in [0.1, 0.15) is 5.60 Å². The molecule has 3 atom stereocenters. The van der Waals surface area contributed by atoms with E-state index >= 15 is 0 Å². The number of rotatable bonds is 1. The second-order valence-corrected chi connectivity index (χ2v) is 5.19. The molecular formula is C11H16O3. The molecule has 78 valence electrons. The highest BCUT2D eigenvalue weighted by Gasteiger charge is 2.59. The molecule has 2 bridgehead atoms. The summed E-state index contributed by atoms with van der Waals surface area (Å²) in [7, 11) is 0. The third kappa shape index (κ3) is 1.05. The lowest BCUT2D eigenvalue weighted by Gasteiger charge is -2.40. The molecular weight excluding hydrogens is 180 g/mol. The number of carboxylic acids is 1. The van der Waals surface area contributed by atoms with Gasteiger partial charge in [-0.25, -0.2) is 0 Å². The van der Waals surface area contributed by atoms with Gasteiger partial charge >= 0.3 is 5.97 Å². The quantitative estimate of drug-likeness (QED) is 0.651. The lowest BCUT2D eigenvalue weighted by Crippen LogP contribution is -2.48. The van der Waals surface area contributed by atoms with Gasteiger partial charge < -0.3 is 9.84 Å². The van der Waals surface area contributed by atoms with Gasteiger partial charge in [0.2, 0.25) is 0 Å². The van der Waals surface area contributed by atoms with Crippen LogP contribution in [0.3, 0.4) is 0 Å². The van der Waals surface area contributed by atoms with Crippen LogP contribution in [0.2, 0.25) is 0 Å². The highest BCUT2D eigenvalue weighted by molar-refractivity contribution is 5.73. The molecule has 0 aliphatic carbocycles. The largest absolute Gasteiger partial charge is 0.481 e. The molecule has 3 heteroatoms. The zero-order valence-electron chi connectivity index (χ0n) is 8.78. The molecule has 3 unspecified atom stereocenters. The standard InChI is InChI=1S/C11H16O3/c1-10(2,3)11-5-4-7(14-11)6-8(11)9(12)13/h4-5,7-8H,6H2,1-3H3,(H,12,13). The van der Waals surface area contributed by atoms with Crippen molar-refractivity contribution in [3.63, 3.8) is 0 Å². The molecule has 14 heavy (non-hydrogen) atoms. The Hall–Kier alpha value is -0.830. The van der Waals surface area contributed by atoms with Gasteiger partial charge in [-0.2, -0.15) is 0 Å². The van der Waals surface area contributed by atoms with Gasteiger partial charge in [0.15, 0.2) is 0 Å². The van der Waals surface area contributed by atoms with Gasteiger partial charge in [0.25, 0.3) is 0 Å². The first-order chi connectivity index (χ1) is 6.37. The molecule has 2 aliphatic heterocycles.